The molecular weight excluding hydrogens is 412 g/mol. The van der Waals surface area contributed by atoms with E-state index in [0.29, 0.717) is 11.3 Å². The summed E-state index contributed by atoms with van der Waals surface area (Å²) >= 11 is 0. The molecule has 1 saturated carbocycles. The fourth-order valence-electron chi connectivity index (χ4n) is 2.61. The van der Waals surface area contributed by atoms with Gasteiger partial charge in [0, 0.05) is 42.4 Å². The minimum absolute atomic E-state index is 0.0210. The van der Waals surface area contributed by atoms with Crippen molar-refractivity contribution in [2.45, 2.75) is 17.7 Å². The summed E-state index contributed by atoms with van der Waals surface area (Å²) in [7, 11) is -3.94. The van der Waals surface area contributed by atoms with E-state index in [2.05, 4.69) is 15.4 Å². The Labute approximate surface area is 172 Å². The molecule has 0 heterocycles. The summed E-state index contributed by atoms with van der Waals surface area (Å²) in [6, 6.07) is 11.1. The molecule has 0 spiro atoms. The molecule has 158 valence electrons. The lowest BCUT2D eigenvalue weighted by Crippen LogP contribution is -2.34. The third-order valence-electron chi connectivity index (χ3n) is 4.40. The fourth-order valence-corrected chi connectivity index (χ4v) is 3.68. The van der Waals surface area contributed by atoms with Crippen molar-refractivity contribution in [3.63, 3.8) is 0 Å². The lowest BCUT2D eigenvalue weighted by molar-refractivity contribution is -0.385. The van der Waals surface area contributed by atoms with E-state index in [1.165, 1.54) is 18.2 Å². The number of carbonyl (C=O) groups excluding carboxylic acids is 2. The normalized spacial score (nSPS) is 13.5. The number of amides is 2. The zero-order valence-electron chi connectivity index (χ0n) is 15.8. The fraction of sp³-hybridized carbons (Fsp3) is 0.263. The zero-order valence-corrected chi connectivity index (χ0v) is 16.6. The number of nitro groups is 1. The van der Waals surface area contributed by atoms with E-state index in [0.717, 1.165) is 18.9 Å². The van der Waals surface area contributed by atoms with Crippen LogP contribution in [0.15, 0.2) is 53.4 Å². The third kappa shape index (κ3) is 5.61. The zero-order chi connectivity index (χ0) is 21.7. The van der Waals surface area contributed by atoms with Crippen molar-refractivity contribution in [2.75, 3.05) is 18.4 Å². The summed E-state index contributed by atoms with van der Waals surface area (Å²) in [6.45, 7) is -0.0700. The molecule has 11 heteroatoms. The van der Waals surface area contributed by atoms with E-state index in [1.807, 2.05) is 0 Å². The number of sulfonamides is 1. The number of non-ortho nitro benzene ring substituents is 1. The third-order valence-corrected chi connectivity index (χ3v) is 5.86. The van der Waals surface area contributed by atoms with Crippen LogP contribution in [-0.4, -0.2) is 38.2 Å². The van der Waals surface area contributed by atoms with Crippen LogP contribution in [0.1, 0.15) is 23.2 Å². The Bertz CT molecular complexity index is 1060. The van der Waals surface area contributed by atoms with Crippen molar-refractivity contribution >= 4 is 33.2 Å². The first-order valence-electron chi connectivity index (χ1n) is 9.19. The number of rotatable bonds is 9. The lowest BCUT2D eigenvalue weighted by Gasteiger charge is -2.09. The number of nitro benzene ring substituents is 1. The highest BCUT2D eigenvalue weighted by molar-refractivity contribution is 7.89. The lowest BCUT2D eigenvalue weighted by atomic mass is 10.2. The van der Waals surface area contributed by atoms with Crippen molar-refractivity contribution in [3.05, 3.63) is 64.2 Å². The van der Waals surface area contributed by atoms with Gasteiger partial charge in [-0.3, -0.25) is 19.7 Å². The highest BCUT2D eigenvalue weighted by Gasteiger charge is 2.29. The summed E-state index contributed by atoms with van der Waals surface area (Å²) in [5.74, 6) is -0.341. The molecule has 0 radical (unpaired) electrons. The molecule has 0 bridgehead atoms. The maximum atomic E-state index is 12.2. The average Bonchev–Trinajstić information content (AvgIpc) is 3.57. The van der Waals surface area contributed by atoms with Crippen LogP contribution in [0.2, 0.25) is 0 Å². The summed E-state index contributed by atoms with van der Waals surface area (Å²) in [4.78, 5) is 33.8. The smallest absolute Gasteiger partial charge is 0.270 e. The summed E-state index contributed by atoms with van der Waals surface area (Å²) in [6.07, 6.45) is 1.80. The van der Waals surface area contributed by atoms with Gasteiger partial charge in [-0.25, -0.2) is 13.1 Å². The molecule has 2 aromatic rings. The van der Waals surface area contributed by atoms with E-state index in [-0.39, 0.29) is 35.5 Å². The Hall–Kier alpha value is -3.31. The van der Waals surface area contributed by atoms with Gasteiger partial charge in [0.1, 0.15) is 0 Å². The first-order valence-corrected chi connectivity index (χ1v) is 10.7. The molecule has 2 aromatic carbocycles. The predicted molar refractivity (Wildman–Crippen MR) is 108 cm³/mol. The maximum Gasteiger partial charge on any atom is 0.270 e. The van der Waals surface area contributed by atoms with Crippen LogP contribution in [0.4, 0.5) is 11.4 Å². The highest BCUT2D eigenvalue weighted by Crippen LogP contribution is 2.30. The molecule has 1 aliphatic rings. The molecule has 0 saturated heterocycles. The second-order valence-electron chi connectivity index (χ2n) is 6.75. The Morgan fingerprint density at radius 3 is 2.40 bits per heavy atom. The maximum absolute atomic E-state index is 12.2. The van der Waals surface area contributed by atoms with Crippen LogP contribution in [0, 0.1) is 16.0 Å². The minimum atomic E-state index is -3.94. The van der Waals surface area contributed by atoms with E-state index < -0.39 is 20.9 Å². The first-order chi connectivity index (χ1) is 14.3. The van der Waals surface area contributed by atoms with Crippen LogP contribution >= 0.6 is 0 Å². The quantitative estimate of drug-likeness (QED) is 0.312. The van der Waals surface area contributed by atoms with Gasteiger partial charge in [-0.15, -0.1) is 0 Å². The molecule has 10 nitrogen and oxygen atoms in total. The van der Waals surface area contributed by atoms with Crippen molar-refractivity contribution in [2.24, 2.45) is 5.92 Å². The van der Waals surface area contributed by atoms with Gasteiger partial charge >= 0.3 is 0 Å². The van der Waals surface area contributed by atoms with Crippen LogP contribution in [0.5, 0.6) is 0 Å². The second-order valence-corrected chi connectivity index (χ2v) is 8.52. The van der Waals surface area contributed by atoms with E-state index in [9.17, 15) is 28.1 Å². The van der Waals surface area contributed by atoms with Crippen LogP contribution < -0.4 is 15.4 Å². The van der Waals surface area contributed by atoms with Crippen molar-refractivity contribution < 1.29 is 22.9 Å². The van der Waals surface area contributed by atoms with Gasteiger partial charge in [-0.05, 0) is 43.2 Å². The van der Waals surface area contributed by atoms with Gasteiger partial charge in [0.05, 0.1) is 9.82 Å². The number of nitrogens with one attached hydrogen (secondary N) is 3. The predicted octanol–water partition coefficient (Wildman–Crippen LogP) is 1.65. The standard InChI is InChI=1S/C19H20N4O6S/c24-18(13-6-8-15(9-7-13)22-19(25)14-4-5-14)20-10-11-21-30(28,29)17-3-1-2-16(12-17)23(26)27/h1-3,6-9,12,14,21H,4-5,10-11H2,(H,20,24)(H,22,25). The largest absolute Gasteiger partial charge is 0.351 e. The molecule has 0 unspecified atom stereocenters. The highest BCUT2D eigenvalue weighted by atomic mass is 32.2. The molecule has 1 aliphatic carbocycles. The van der Waals surface area contributed by atoms with E-state index in [1.54, 1.807) is 24.3 Å². The topological polar surface area (TPSA) is 148 Å². The van der Waals surface area contributed by atoms with Crippen LogP contribution in [0.25, 0.3) is 0 Å². The Morgan fingerprint density at radius 2 is 1.77 bits per heavy atom. The molecular formula is C19H20N4O6S. The Balaban J connectivity index is 1.47. The number of carbonyl (C=O) groups is 2. The molecule has 30 heavy (non-hydrogen) atoms. The van der Waals surface area contributed by atoms with Gasteiger partial charge in [0.2, 0.25) is 15.9 Å². The molecule has 0 aliphatic heterocycles. The SMILES string of the molecule is O=C(NCCNS(=O)(=O)c1cccc([N+](=O)[O-])c1)c1ccc(NC(=O)C2CC2)cc1. The number of benzene rings is 2. The van der Waals surface area contributed by atoms with Crippen LogP contribution in [0.3, 0.4) is 0 Å². The number of hydrogen-bond acceptors (Lipinski definition) is 6. The molecule has 3 rings (SSSR count). The molecule has 2 amide bonds. The van der Waals surface area contributed by atoms with Crippen molar-refractivity contribution in [1.29, 1.82) is 0 Å². The monoisotopic (exact) mass is 432 g/mol. The van der Waals surface area contributed by atoms with Gasteiger partial charge in [0.25, 0.3) is 11.6 Å². The number of anilines is 1. The minimum Gasteiger partial charge on any atom is -0.351 e. The van der Waals surface area contributed by atoms with Crippen LogP contribution in [-0.2, 0) is 14.8 Å². The van der Waals surface area contributed by atoms with Gasteiger partial charge < -0.3 is 10.6 Å². The molecule has 1 fully saturated rings. The second kappa shape index (κ2) is 9.01. The van der Waals surface area contributed by atoms with Gasteiger partial charge in [0.15, 0.2) is 0 Å². The number of hydrogen-bond donors (Lipinski definition) is 3. The summed E-state index contributed by atoms with van der Waals surface area (Å²) < 4.78 is 26.7. The molecule has 3 N–H and O–H groups in total. The van der Waals surface area contributed by atoms with E-state index >= 15 is 0 Å². The molecule has 0 atom stereocenters. The summed E-state index contributed by atoms with van der Waals surface area (Å²) in [5.41, 5.74) is 0.636. The molecule has 0 aromatic heterocycles. The van der Waals surface area contributed by atoms with Gasteiger partial charge in [-0.1, -0.05) is 6.07 Å². The average molecular weight is 432 g/mol. The van der Waals surface area contributed by atoms with Crippen molar-refractivity contribution in [1.82, 2.24) is 10.0 Å². The Kier molecular flexibility index (Phi) is 6.43. The van der Waals surface area contributed by atoms with E-state index in [4.69, 9.17) is 0 Å². The van der Waals surface area contributed by atoms with Crippen molar-refractivity contribution in [3.8, 4) is 0 Å². The summed E-state index contributed by atoms with van der Waals surface area (Å²) in [5, 5.41) is 16.1. The van der Waals surface area contributed by atoms with Gasteiger partial charge in [-0.2, -0.15) is 0 Å². The number of nitrogens with zero attached hydrogens (tertiary/aromatic N) is 1. The Morgan fingerprint density at radius 1 is 1.07 bits per heavy atom. The first kappa shape index (κ1) is 21.4.